The second-order valence-electron chi connectivity index (χ2n) is 8.41. The number of nitrogens with one attached hydrogen (secondary N) is 1. The van der Waals surface area contributed by atoms with E-state index in [1.165, 1.54) is 11.0 Å². The molecule has 8 heteroatoms. The normalized spacial score (nSPS) is 19.9. The van der Waals surface area contributed by atoms with Crippen LogP contribution in [-0.4, -0.2) is 47.2 Å². The number of aliphatic hydroxyl groups is 1. The molecular weight excluding hydrogens is 387 g/mol. The molecule has 0 radical (unpaired) electrons. The van der Waals surface area contributed by atoms with Crippen molar-refractivity contribution < 1.29 is 14.3 Å². The molecule has 0 unspecified atom stereocenters. The number of carbonyl (C=O) groups is 1. The molecule has 1 aromatic carbocycles. The van der Waals surface area contributed by atoms with E-state index >= 15 is 0 Å². The minimum atomic E-state index is -0.930. The van der Waals surface area contributed by atoms with Crippen LogP contribution in [0.3, 0.4) is 0 Å². The number of H-pyrrole nitrogens is 1. The zero-order valence-corrected chi connectivity index (χ0v) is 16.8. The Balaban J connectivity index is 1.45. The lowest BCUT2D eigenvalue weighted by Gasteiger charge is -2.39. The highest BCUT2D eigenvalue weighted by Crippen LogP contribution is 2.49. The number of nitrogens with zero attached hydrogens (tertiary/aromatic N) is 3. The lowest BCUT2D eigenvalue weighted by molar-refractivity contribution is -0.124. The molecule has 1 aliphatic carbocycles. The zero-order chi connectivity index (χ0) is 20.9. The number of aromatic amines is 1. The molecule has 1 aromatic heterocycles. The number of halogens is 1. The highest BCUT2D eigenvalue weighted by atomic mass is 19.1. The van der Waals surface area contributed by atoms with Gasteiger partial charge in [0, 0.05) is 30.8 Å². The first-order chi connectivity index (χ1) is 14.5. The second-order valence-corrected chi connectivity index (χ2v) is 8.41. The number of β-amino-alcohol motifs (C(OH)–C–C–N with tert-alkyl or cyclic N) is 1. The summed E-state index contributed by atoms with van der Waals surface area (Å²) in [5.41, 5.74) is 1.67. The second kappa shape index (κ2) is 7.19. The van der Waals surface area contributed by atoms with Gasteiger partial charge in [-0.05, 0) is 50.7 Å². The summed E-state index contributed by atoms with van der Waals surface area (Å²) in [5, 5.41) is 9.40. The van der Waals surface area contributed by atoms with Crippen LogP contribution in [0.4, 0.5) is 16.0 Å². The first-order valence-electron chi connectivity index (χ1n) is 10.6. The number of benzene rings is 1. The Bertz CT molecular complexity index is 1060. The molecule has 2 aromatic rings. The molecule has 158 valence electrons. The molecular formula is C22H25FN4O3. The predicted octanol–water partition coefficient (Wildman–Crippen LogP) is 1.66. The van der Waals surface area contributed by atoms with E-state index < -0.39 is 5.41 Å². The molecule has 2 N–H and O–H groups in total. The maximum absolute atomic E-state index is 14.9. The molecule has 7 nitrogen and oxygen atoms in total. The number of rotatable bonds is 3. The third-order valence-electron chi connectivity index (χ3n) is 6.83. The standard InChI is InChI=1S/C22H25FN4O3/c23-15-5-3-7-17-18(15)22(20(30)27(17)12-13-28)8-10-26(11-9-22)21-24-16-6-2-1-4-14(16)19(29)25-21/h3,5,7,28H,1-2,4,6,8-13H2,(H,24,25,29). The molecule has 30 heavy (non-hydrogen) atoms. The third-order valence-corrected chi connectivity index (χ3v) is 6.83. The summed E-state index contributed by atoms with van der Waals surface area (Å²) in [4.78, 5) is 36.9. The Kier molecular flexibility index (Phi) is 4.61. The maximum atomic E-state index is 14.9. The molecule has 0 atom stereocenters. The van der Waals surface area contributed by atoms with Crippen LogP contribution in [0.1, 0.15) is 42.5 Å². The number of aryl methyl sites for hydroxylation is 1. The van der Waals surface area contributed by atoms with Crippen molar-refractivity contribution >= 4 is 17.5 Å². The van der Waals surface area contributed by atoms with E-state index in [9.17, 15) is 19.1 Å². The fourth-order valence-electron chi connectivity index (χ4n) is 5.31. The number of amides is 1. The van der Waals surface area contributed by atoms with Crippen molar-refractivity contribution in [3.05, 3.63) is 51.2 Å². The lowest BCUT2D eigenvalue weighted by atomic mass is 9.73. The Hall–Kier alpha value is -2.74. The van der Waals surface area contributed by atoms with Gasteiger partial charge in [-0.1, -0.05) is 6.07 Å². The first kappa shape index (κ1) is 19.2. The summed E-state index contributed by atoms with van der Waals surface area (Å²) in [5.74, 6) is 0.0140. The van der Waals surface area contributed by atoms with E-state index in [0.29, 0.717) is 43.1 Å². The summed E-state index contributed by atoms with van der Waals surface area (Å²) < 4.78 is 14.9. The van der Waals surface area contributed by atoms with Crippen LogP contribution in [0.15, 0.2) is 23.0 Å². The summed E-state index contributed by atoms with van der Waals surface area (Å²) in [6.45, 7) is 0.965. The maximum Gasteiger partial charge on any atom is 0.255 e. The molecule has 3 aliphatic rings. The van der Waals surface area contributed by atoms with Crippen LogP contribution in [0, 0.1) is 5.82 Å². The van der Waals surface area contributed by atoms with Crippen molar-refractivity contribution in [1.29, 1.82) is 0 Å². The van der Waals surface area contributed by atoms with Gasteiger partial charge in [0.2, 0.25) is 11.9 Å². The predicted molar refractivity (Wildman–Crippen MR) is 110 cm³/mol. The van der Waals surface area contributed by atoms with Crippen LogP contribution in [0.5, 0.6) is 0 Å². The fraction of sp³-hybridized carbons (Fsp3) is 0.500. The van der Waals surface area contributed by atoms with Gasteiger partial charge in [0.1, 0.15) is 5.82 Å². The topological polar surface area (TPSA) is 89.5 Å². The molecule has 0 saturated carbocycles. The largest absolute Gasteiger partial charge is 0.395 e. The monoisotopic (exact) mass is 412 g/mol. The number of anilines is 2. The van der Waals surface area contributed by atoms with E-state index in [4.69, 9.17) is 4.98 Å². The Labute approximate surface area is 173 Å². The number of piperidine rings is 1. The Morgan fingerprint density at radius 2 is 1.93 bits per heavy atom. The molecule has 1 fully saturated rings. The average Bonchev–Trinajstić information content (AvgIpc) is 2.98. The summed E-state index contributed by atoms with van der Waals surface area (Å²) in [6.07, 6.45) is 4.51. The van der Waals surface area contributed by atoms with Crippen molar-refractivity contribution in [2.45, 2.75) is 43.9 Å². The zero-order valence-electron chi connectivity index (χ0n) is 16.8. The first-order valence-corrected chi connectivity index (χ1v) is 10.6. The number of fused-ring (bicyclic) bond motifs is 3. The minimum absolute atomic E-state index is 0.0718. The van der Waals surface area contributed by atoms with Gasteiger partial charge in [0.05, 0.1) is 23.4 Å². The summed E-state index contributed by atoms with van der Waals surface area (Å²) in [7, 11) is 0. The Morgan fingerprint density at radius 1 is 1.17 bits per heavy atom. The molecule has 2 aliphatic heterocycles. The van der Waals surface area contributed by atoms with E-state index in [0.717, 1.165) is 36.9 Å². The number of aliphatic hydroxyl groups excluding tert-OH is 1. The van der Waals surface area contributed by atoms with Gasteiger partial charge in [-0.15, -0.1) is 0 Å². The fourth-order valence-corrected chi connectivity index (χ4v) is 5.31. The number of hydrogen-bond donors (Lipinski definition) is 2. The highest BCUT2D eigenvalue weighted by molar-refractivity contribution is 6.08. The number of hydrogen-bond acceptors (Lipinski definition) is 5. The number of carbonyl (C=O) groups excluding carboxylic acids is 1. The van der Waals surface area contributed by atoms with Crippen LogP contribution < -0.4 is 15.4 Å². The van der Waals surface area contributed by atoms with E-state index in [1.54, 1.807) is 12.1 Å². The molecule has 3 heterocycles. The average molecular weight is 412 g/mol. The van der Waals surface area contributed by atoms with Crippen molar-refractivity contribution in [2.75, 3.05) is 36.0 Å². The van der Waals surface area contributed by atoms with Crippen LogP contribution in [0.25, 0.3) is 0 Å². The van der Waals surface area contributed by atoms with Gasteiger partial charge in [-0.2, -0.15) is 0 Å². The van der Waals surface area contributed by atoms with E-state index in [-0.39, 0.29) is 30.4 Å². The van der Waals surface area contributed by atoms with Crippen molar-refractivity contribution in [2.24, 2.45) is 0 Å². The van der Waals surface area contributed by atoms with Crippen LogP contribution in [-0.2, 0) is 23.1 Å². The molecule has 1 saturated heterocycles. The molecule has 5 rings (SSSR count). The van der Waals surface area contributed by atoms with Crippen LogP contribution in [0.2, 0.25) is 0 Å². The van der Waals surface area contributed by atoms with Crippen molar-refractivity contribution in [1.82, 2.24) is 9.97 Å². The van der Waals surface area contributed by atoms with Gasteiger partial charge in [0.15, 0.2) is 0 Å². The minimum Gasteiger partial charge on any atom is -0.395 e. The highest BCUT2D eigenvalue weighted by Gasteiger charge is 2.53. The Morgan fingerprint density at radius 3 is 2.70 bits per heavy atom. The summed E-state index contributed by atoms with van der Waals surface area (Å²) >= 11 is 0. The van der Waals surface area contributed by atoms with Gasteiger partial charge < -0.3 is 14.9 Å². The van der Waals surface area contributed by atoms with Gasteiger partial charge >= 0.3 is 0 Å². The van der Waals surface area contributed by atoms with Gasteiger partial charge in [-0.25, -0.2) is 9.37 Å². The smallest absolute Gasteiger partial charge is 0.255 e. The van der Waals surface area contributed by atoms with Crippen LogP contribution >= 0.6 is 0 Å². The lowest BCUT2D eigenvalue weighted by Crippen LogP contribution is -2.50. The van der Waals surface area contributed by atoms with Gasteiger partial charge in [-0.3, -0.25) is 14.6 Å². The SMILES string of the molecule is O=C1N(CCO)c2cccc(F)c2C12CCN(c1nc3c(c(=O)[nH]1)CCCC3)CC2. The molecule has 0 bridgehead atoms. The molecule has 1 spiro atoms. The van der Waals surface area contributed by atoms with E-state index in [1.807, 2.05) is 4.90 Å². The summed E-state index contributed by atoms with van der Waals surface area (Å²) in [6, 6.07) is 4.74. The van der Waals surface area contributed by atoms with Crippen molar-refractivity contribution in [3.8, 4) is 0 Å². The van der Waals surface area contributed by atoms with E-state index in [2.05, 4.69) is 4.98 Å². The molecule has 1 amide bonds. The third kappa shape index (κ3) is 2.77. The number of aromatic nitrogens is 2. The quantitative estimate of drug-likeness (QED) is 0.801. The van der Waals surface area contributed by atoms with Crippen molar-refractivity contribution in [3.63, 3.8) is 0 Å². The van der Waals surface area contributed by atoms with Gasteiger partial charge in [0.25, 0.3) is 5.56 Å².